The predicted octanol–water partition coefficient (Wildman–Crippen LogP) is 3.65. The van der Waals surface area contributed by atoms with Crippen LogP contribution in [0.1, 0.15) is 25.5 Å². The molecule has 0 saturated carbocycles. The summed E-state index contributed by atoms with van der Waals surface area (Å²) in [5, 5.41) is 10.4. The van der Waals surface area contributed by atoms with Crippen LogP contribution < -0.4 is 0 Å². The normalized spacial score (nSPS) is 11.9. The second-order valence-electron chi connectivity index (χ2n) is 4.53. The summed E-state index contributed by atoms with van der Waals surface area (Å²) in [5.41, 5.74) is 3.16. The van der Waals surface area contributed by atoms with Crippen molar-refractivity contribution in [2.75, 3.05) is 0 Å². The van der Waals surface area contributed by atoms with Crippen LogP contribution >= 0.6 is 0 Å². The molecule has 0 aliphatic rings. The van der Waals surface area contributed by atoms with E-state index in [9.17, 15) is 10.0 Å². The first-order chi connectivity index (χ1) is 9.09. The van der Waals surface area contributed by atoms with Gasteiger partial charge in [-0.05, 0) is 23.6 Å². The minimum atomic E-state index is -0.361. The van der Waals surface area contributed by atoms with Crippen LogP contribution in [-0.2, 0) is 4.79 Å². The molecule has 0 fully saturated rings. The molecule has 2 aromatic carbocycles. The highest BCUT2D eigenvalue weighted by atomic mass is 16.5. The van der Waals surface area contributed by atoms with Crippen molar-refractivity contribution in [1.29, 1.82) is 0 Å². The fraction of sp³-hybridized carbons (Fsp3) is 0.188. The molecular weight excluding hydrogens is 238 g/mol. The van der Waals surface area contributed by atoms with E-state index in [-0.39, 0.29) is 11.9 Å². The molecule has 2 rings (SSSR count). The first-order valence-corrected chi connectivity index (χ1v) is 6.23. The Kier molecular flexibility index (Phi) is 3.97. The van der Waals surface area contributed by atoms with Gasteiger partial charge in [-0.2, -0.15) is 0 Å². The molecule has 0 saturated heterocycles. The molecule has 0 radical (unpaired) electrons. The van der Waals surface area contributed by atoms with Gasteiger partial charge in [-0.3, -0.25) is 10.0 Å². The zero-order valence-corrected chi connectivity index (χ0v) is 11.1. The highest BCUT2D eigenvalue weighted by Gasteiger charge is 2.15. The maximum atomic E-state index is 11.1. The van der Waals surface area contributed by atoms with Crippen molar-refractivity contribution in [3.8, 4) is 11.1 Å². The molecule has 3 nitrogen and oxygen atoms in total. The summed E-state index contributed by atoms with van der Waals surface area (Å²) in [5.74, 6) is -0.361. The van der Waals surface area contributed by atoms with Gasteiger partial charge in [0, 0.05) is 6.92 Å². The summed E-state index contributed by atoms with van der Waals surface area (Å²) in [6.07, 6.45) is 0. The number of carbonyl (C=O) groups is 1. The summed E-state index contributed by atoms with van der Waals surface area (Å²) >= 11 is 0. The fourth-order valence-electron chi connectivity index (χ4n) is 2.00. The first kappa shape index (κ1) is 13.3. The molecule has 1 unspecified atom stereocenters. The zero-order valence-electron chi connectivity index (χ0n) is 11.1. The summed E-state index contributed by atoms with van der Waals surface area (Å²) in [7, 11) is 0. The fourth-order valence-corrected chi connectivity index (χ4v) is 2.00. The van der Waals surface area contributed by atoms with Crippen LogP contribution in [0.25, 0.3) is 11.1 Å². The van der Waals surface area contributed by atoms with Gasteiger partial charge in [-0.1, -0.05) is 54.6 Å². The lowest BCUT2D eigenvalue weighted by Gasteiger charge is -2.21. The number of benzene rings is 2. The van der Waals surface area contributed by atoms with E-state index < -0.39 is 0 Å². The average molecular weight is 255 g/mol. The lowest BCUT2D eigenvalue weighted by atomic mass is 10.0. The van der Waals surface area contributed by atoms with Gasteiger partial charge in [-0.25, -0.2) is 5.06 Å². The van der Waals surface area contributed by atoms with E-state index >= 15 is 0 Å². The lowest BCUT2D eigenvalue weighted by Crippen LogP contribution is -2.27. The summed E-state index contributed by atoms with van der Waals surface area (Å²) < 4.78 is 0. The first-order valence-electron chi connectivity index (χ1n) is 6.23. The van der Waals surface area contributed by atoms with Gasteiger partial charge in [0.15, 0.2) is 0 Å². The van der Waals surface area contributed by atoms with E-state index in [1.165, 1.54) is 6.92 Å². The Balaban J connectivity index is 2.22. The van der Waals surface area contributed by atoms with Crippen molar-refractivity contribution in [2.24, 2.45) is 0 Å². The van der Waals surface area contributed by atoms with Gasteiger partial charge in [0.25, 0.3) is 0 Å². The maximum absolute atomic E-state index is 11.1. The molecule has 3 heteroatoms. The van der Waals surface area contributed by atoms with Gasteiger partial charge in [0.2, 0.25) is 5.91 Å². The lowest BCUT2D eigenvalue weighted by molar-refractivity contribution is -0.172. The van der Waals surface area contributed by atoms with E-state index in [0.29, 0.717) is 0 Å². The number of hydrogen-bond acceptors (Lipinski definition) is 2. The number of nitrogens with zero attached hydrogens (tertiary/aromatic N) is 1. The molecule has 0 heterocycles. The number of hydrogen-bond donors (Lipinski definition) is 1. The van der Waals surface area contributed by atoms with Crippen molar-refractivity contribution in [1.82, 2.24) is 5.06 Å². The highest BCUT2D eigenvalue weighted by molar-refractivity contribution is 5.72. The minimum Gasteiger partial charge on any atom is -0.285 e. The zero-order chi connectivity index (χ0) is 13.8. The molecule has 0 bridgehead atoms. The number of hydroxylamine groups is 2. The van der Waals surface area contributed by atoms with Crippen LogP contribution in [0.2, 0.25) is 0 Å². The largest absolute Gasteiger partial charge is 0.285 e. The van der Waals surface area contributed by atoms with E-state index in [1.54, 1.807) is 6.92 Å². The second kappa shape index (κ2) is 5.67. The third-order valence-corrected chi connectivity index (χ3v) is 3.19. The van der Waals surface area contributed by atoms with Crippen LogP contribution in [0.4, 0.5) is 0 Å². The van der Waals surface area contributed by atoms with Crippen molar-refractivity contribution in [2.45, 2.75) is 19.9 Å². The van der Waals surface area contributed by atoms with Gasteiger partial charge >= 0.3 is 0 Å². The standard InChI is InChI=1S/C16H17NO2/c1-12(17(19)13(2)18)14-8-10-16(11-9-14)15-6-4-3-5-7-15/h3-12,19H,1-2H3. The molecule has 1 atom stereocenters. The topological polar surface area (TPSA) is 40.5 Å². The summed E-state index contributed by atoms with van der Waals surface area (Å²) in [6.45, 7) is 3.13. The SMILES string of the molecule is CC(=O)N(O)C(C)c1ccc(-c2ccccc2)cc1. The van der Waals surface area contributed by atoms with Crippen molar-refractivity contribution < 1.29 is 10.0 Å². The maximum Gasteiger partial charge on any atom is 0.243 e. The Labute approximate surface area is 113 Å². The van der Waals surface area contributed by atoms with Crippen LogP contribution in [0, 0.1) is 0 Å². The number of carbonyl (C=O) groups excluding carboxylic acids is 1. The third-order valence-electron chi connectivity index (χ3n) is 3.19. The number of amides is 1. The Morgan fingerprint density at radius 3 is 2.05 bits per heavy atom. The van der Waals surface area contributed by atoms with E-state index in [1.807, 2.05) is 54.6 Å². The number of rotatable bonds is 3. The van der Waals surface area contributed by atoms with Gasteiger partial charge in [0.05, 0.1) is 6.04 Å². The van der Waals surface area contributed by atoms with Crippen LogP contribution in [0.5, 0.6) is 0 Å². The monoisotopic (exact) mass is 255 g/mol. The summed E-state index contributed by atoms with van der Waals surface area (Å²) in [6, 6.07) is 17.6. The van der Waals surface area contributed by atoms with Crippen LogP contribution in [0.3, 0.4) is 0 Å². The quantitative estimate of drug-likeness (QED) is 0.671. The Hall–Kier alpha value is -2.13. The van der Waals surface area contributed by atoms with Gasteiger partial charge < -0.3 is 0 Å². The van der Waals surface area contributed by atoms with Crippen LogP contribution in [0.15, 0.2) is 54.6 Å². The van der Waals surface area contributed by atoms with Gasteiger partial charge in [0.1, 0.15) is 0 Å². The van der Waals surface area contributed by atoms with E-state index in [4.69, 9.17) is 0 Å². The Bertz CT molecular complexity index is 549. The molecule has 0 spiro atoms. The molecular formula is C16H17NO2. The molecule has 2 aromatic rings. The van der Waals surface area contributed by atoms with Crippen molar-refractivity contribution >= 4 is 5.91 Å². The Morgan fingerprint density at radius 2 is 1.53 bits per heavy atom. The highest BCUT2D eigenvalue weighted by Crippen LogP contribution is 2.23. The summed E-state index contributed by atoms with van der Waals surface area (Å²) in [4.78, 5) is 11.1. The minimum absolute atomic E-state index is 0.345. The Morgan fingerprint density at radius 1 is 1.00 bits per heavy atom. The molecule has 98 valence electrons. The van der Waals surface area contributed by atoms with E-state index in [0.717, 1.165) is 21.8 Å². The van der Waals surface area contributed by atoms with Crippen molar-refractivity contribution in [3.63, 3.8) is 0 Å². The molecule has 0 aromatic heterocycles. The molecule has 1 amide bonds. The molecule has 0 aliphatic carbocycles. The third kappa shape index (κ3) is 3.01. The molecule has 19 heavy (non-hydrogen) atoms. The average Bonchev–Trinajstić information content (AvgIpc) is 2.46. The second-order valence-corrected chi connectivity index (χ2v) is 4.53. The molecule has 1 N–H and O–H groups in total. The van der Waals surface area contributed by atoms with E-state index in [2.05, 4.69) is 0 Å². The van der Waals surface area contributed by atoms with Crippen LogP contribution in [-0.4, -0.2) is 16.2 Å². The smallest absolute Gasteiger partial charge is 0.243 e. The van der Waals surface area contributed by atoms with Gasteiger partial charge in [-0.15, -0.1) is 0 Å². The predicted molar refractivity (Wildman–Crippen MR) is 74.6 cm³/mol. The van der Waals surface area contributed by atoms with Crippen molar-refractivity contribution in [3.05, 3.63) is 60.2 Å². The molecule has 0 aliphatic heterocycles.